The summed E-state index contributed by atoms with van der Waals surface area (Å²) in [4.78, 5) is 14.3. The second-order valence-electron chi connectivity index (χ2n) is 5.47. The average molecular weight is 300 g/mol. The molecule has 6 heteroatoms. The van der Waals surface area contributed by atoms with Crippen LogP contribution in [0.4, 0.5) is 5.82 Å². The van der Waals surface area contributed by atoms with E-state index in [2.05, 4.69) is 21.4 Å². The van der Waals surface area contributed by atoms with Crippen molar-refractivity contribution in [3.05, 3.63) is 42.1 Å². The number of anilines is 1. The van der Waals surface area contributed by atoms with Gasteiger partial charge in [0.25, 0.3) is 0 Å². The highest BCUT2D eigenvalue weighted by atomic mass is 16.5. The lowest BCUT2D eigenvalue weighted by molar-refractivity contribution is -0.119. The van der Waals surface area contributed by atoms with Gasteiger partial charge in [0.1, 0.15) is 5.75 Å². The molecule has 0 bridgehead atoms. The SMILES string of the molecule is COc1cccc([C@H]2CCN2CC(=O)Nc2ccn(C)n2)c1. The molecule has 1 fully saturated rings. The Labute approximate surface area is 129 Å². The summed E-state index contributed by atoms with van der Waals surface area (Å²) >= 11 is 0. The van der Waals surface area contributed by atoms with E-state index in [4.69, 9.17) is 4.74 Å². The van der Waals surface area contributed by atoms with Crippen LogP contribution in [0, 0.1) is 0 Å². The molecule has 1 saturated heterocycles. The number of aryl methyl sites for hydroxylation is 1. The van der Waals surface area contributed by atoms with Crippen LogP contribution in [0.1, 0.15) is 18.0 Å². The first-order valence-electron chi connectivity index (χ1n) is 7.33. The van der Waals surface area contributed by atoms with Crippen molar-refractivity contribution in [1.82, 2.24) is 14.7 Å². The van der Waals surface area contributed by atoms with Crippen molar-refractivity contribution in [3.63, 3.8) is 0 Å². The van der Waals surface area contributed by atoms with E-state index in [-0.39, 0.29) is 11.9 Å². The Morgan fingerprint density at radius 1 is 1.45 bits per heavy atom. The average Bonchev–Trinajstić information content (AvgIpc) is 2.89. The number of carbonyl (C=O) groups excluding carboxylic acids is 1. The minimum absolute atomic E-state index is 0.0358. The van der Waals surface area contributed by atoms with Gasteiger partial charge in [-0.05, 0) is 24.1 Å². The highest BCUT2D eigenvalue weighted by Gasteiger charge is 2.31. The lowest BCUT2D eigenvalue weighted by Crippen LogP contribution is -2.45. The monoisotopic (exact) mass is 300 g/mol. The number of likely N-dealkylation sites (tertiary alicyclic amines) is 1. The second kappa shape index (κ2) is 6.19. The molecule has 2 aromatic rings. The van der Waals surface area contributed by atoms with Gasteiger partial charge in [-0.25, -0.2) is 0 Å². The third-order valence-electron chi connectivity index (χ3n) is 3.94. The Morgan fingerprint density at radius 2 is 2.32 bits per heavy atom. The summed E-state index contributed by atoms with van der Waals surface area (Å²) in [5, 5.41) is 6.97. The Morgan fingerprint density at radius 3 is 2.95 bits per heavy atom. The van der Waals surface area contributed by atoms with Gasteiger partial charge in [-0.1, -0.05) is 12.1 Å². The van der Waals surface area contributed by atoms with Gasteiger partial charge in [0.15, 0.2) is 5.82 Å². The second-order valence-corrected chi connectivity index (χ2v) is 5.47. The van der Waals surface area contributed by atoms with Gasteiger partial charge < -0.3 is 10.1 Å². The maximum absolute atomic E-state index is 12.1. The first-order chi connectivity index (χ1) is 10.7. The van der Waals surface area contributed by atoms with Gasteiger partial charge in [-0.3, -0.25) is 14.4 Å². The molecule has 1 aliphatic rings. The molecule has 0 spiro atoms. The van der Waals surface area contributed by atoms with Gasteiger partial charge in [0.2, 0.25) is 5.91 Å². The maximum Gasteiger partial charge on any atom is 0.239 e. The zero-order chi connectivity index (χ0) is 15.5. The van der Waals surface area contributed by atoms with Gasteiger partial charge in [-0.15, -0.1) is 0 Å². The van der Waals surface area contributed by atoms with Crippen molar-refractivity contribution in [2.45, 2.75) is 12.5 Å². The standard InChI is InChI=1S/C16H20N4O2/c1-19-8-7-15(18-19)17-16(21)11-20-9-6-14(20)12-4-3-5-13(10-12)22-2/h3-5,7-8,10,14H,6,9,11H2,1-2H3,(H,17,18,21)/t14-/m1/s1. The van der Waals surface area contributed by atoms with Crippen LogP contribution >= 0.6 is 0 Å². The number of amides is 1. The summed E-state index contributed by atoms with van der Waals surface area (Å²) in [5.41, 5.74) is 1.19. The van der Waals surface area contributed by atoms with E-state index >= 15 is 0 Å². The lowest BCUT2D eigenvalue weighted by Gasteiger charge is -2.40. The largest absolute Gasteiger partial charge is 0.497 e. The van der Waals surface area contributed by atoms with Crippen molar-refractivity contribution < 1.29 is 9.53 Å². The zero-order valence-corrected chi connectivity index (χ0v) is 12.8. The third-order valence-corrected chi connectivity index (χ3v) is 3.94. The third kappa shape index (κ3) is 3.12. The summed E-state index contributed by atoms with van der Waals surface area (Å²) in [6.45, 7) is 1.30. The van der Waals surface area contributed by atoms with Gasteiger partial charge in [-0.2, -0.15) is 5.10 Å². The first-order valence-corrected chi connectivity index (χ1v) is 7.33. The summed E-state index contributed by atoms with van der Waals surface area (Å²) in [7, 11) is 3.49. The lowest BCUT2D eigenvalue weighted by atomic mass is 9.94. The molecule has 2 heterocycles. The van der Waals surface area contributed by atoms with Crippen molar-refractivity contribution in [1.29, 1.82) is 0 Å². The number of benzene rings is 1. The molecule has 22 heavy (non-hydrogen) atoms. The van der Waals surface area contributed by atoms with E-state index in [1.54, 1.807) is 24.1 Å². The number of hydrogen-bond donors (Lipinski definition) is 1. The molecule has 1 amide bonds. The molecule has 3 rings (SSSR count). The number of nitrogens with zero attached hydrogens (tertiary/aromatic N) is 3. The summed E-state index contributed by atoms with van der Waals surface area (Å²) in [5.74, 6) is 1.40. The number of carbonyl (C=O) groups is 1. The van der Waals surface area contributed by atoms with Crippen LogP contribution in [0.2, 0.25) is 0 Å². The summed E-state index contributed by atoms with van der Waals surface area (Å²) in [6, 6.07) is 10.1. The number of ether oxygens (including phenoxy) is 1. The highest BCUT2D eigenvalue weighted by Crippen LogP contribution is 2.34. The minimum Gasteiger partial charge on any atom is -0.497 e. The molecule has 0 unspecified atom stereocenters. The zero-order valence-electron chi connectivity index (χ0n) is 12.8. The van der Waals surface area contributed by atoms with Gasteiger partial charge in [0, 0.05) is 31.9 Å². The fraction of sp³-hybridized carbons (Fsp3) is 0.375. The molecule has 0 aliphatic carbocycles. The molecule has 1 atom stereocenters. The fourth-order valence-electron chi connectivity index (χ4n) is 2.70. The Kier molecular flexibility index (Phi) is 4.11. The highest BCUT2D eigenvalue weighted by molar-refractivity contribution is 5.91. The Hall–Kier alpha value is -2.34. The van der Waals surface area contributed by atoms with Crippen molar-refractivity contribution in [2.75, 3.05) is 25.5 Å². The van der Waals surface area contributed by atoms with E-state index < -0.39 is 0 Å². The molecular weight excluding hydrogens is 280 g/mol. The van der Waals surface area contributed by atoms with Crippen molar-refractivity contribution in [2.24, 2.45) is 7.05 Å². The molecule has 116 valence electrons. The molecule has 1 N–H and O–H groups in total. The number of rotatable bonds is 5. The minimum atomic E-state index is -0.0358. The predicted octanol–water partition coefficient (Wildman–Crippen LogP) is 1.81. The van der Waals surface area contributed by atoms with E-state index in [0.29, 0.717) is 12.4 Å². The van der Waals surface area contributed by atoms with E-state index in [0.717, 1.165) is 18.7 Å². The molecular formula is C16H20N4O2. The number of hydrogen-bond acceptors (Lipinski definition) is 4. The maximum atomic E-state index is 12.1. The molecule has 1 aliphatic heterocycles. The smallest absolute Gasteiger partial charge is 0.239 e. The van der Waals surface area contributed by atoms with Crippen molar-refractivity contribution in [3.8, 4) is 5.75 Å². The van der Waals surface area contributed by atoms with Crippen LogP contribution in [-0.2, 0) is 11.8 Å². The molecule has 1 aromatic heterocycles. The number of nitrogens with one attached hydrogen (secondary N) is 1. The van der Waals surface area contributed by atoms with Crippen LogP contribution in [0.15, 0.2) is 36.5 Å². The Balaban J connectivity index is 1.59. The topological polar surface area (TPSA) is 59.4 Å². The quantitative estimate of drug-likeness (QED) is 0.915. The summed E-state index contributed by atoms with van der Waals surface area (Å²) in [6.07, 6.45) is 2.86. The van der Waals surface area contributed by atoms with E-state index in [1.165, 1.54) is 5.56 Å². The number of methoxy groups -OCH3 is 1. The first kappa shape index (κ1) is 14.6. The van der Waals surface area contributed by atoms with Crippen LogP contribution in [0.25, 0.3) is 0 Å². The molecule has 6 nitrogen and oxygen atoms in total. The predicted molar refractivity (Wildman–Crippen MR) is 83.8 cm³/mol. The van der Waals surface area contributed by atoms with Gasteiger partial charge in [0.05, 0.1) is 13.7 Å². The van der Waals surface area contributed by atoms with Crippen LogP contribution in [0.5, 0.6) is 5.75 Å². The summed E-state index contributed by atoms with van der Waals surface area (Å²) < 4.78 is 6.93. The molecule has 1 aromatic carbocycles. The van der Waals surface area contributed by atoms with Crippen LogP contribution in [-0.4, -0.2) is 40.8 Å². The fourth-order valence-corrected chi connectivity index (χ4v) is 2.70. The van der Waals surface area contributed by atoms with Crippen LogP contribution < -0.4 is 10.1 Å². The normalized spacial score (nSPS) is 17.8. The molecule has 0 saturated carbocycles. The van der Waals surface area contributed by atoms with E-state index in [9.17, 15) is 4.79 Å². The number of aromatic nitrogens is 2. The van der Waals surface area contributed by atoms with Crippen molar-refractivity contribution >= 4 is 11.7 Å². The molecule has 0 radical (unpaired) electrons. The Bertz CT molecular complexity index is 668. The van der Waals surface area contributed by atoms with Crippen LogP contribution in [0.3, 0.4) is 0 Å². The van der Waals surface area contributed by atoms with Gasteiger partial charge >= 0.3 is 0 Å². The van der Waals surface area contributed by atoms with E-state index in [1.807, 2.05) is 25.2 Å².